The molecular weight excluding hydrogens is 1760 g/mol. The van der Waals surface area contributed by atoms with Crippen LogP contribution in [0.15, 0.2) is 464 Å². The molecule has 0 unspecified atom stereocenters. The van der Waals surface area contributed by atoms with Gasteiger partial charge in [0.2, 0.25) is 0 Å². The molecule has 0 saturated heterocycles. The molecule has 2 aliphatic carbocycles. The standard InChI is InChI=1S/C67H44N4O.C66H43N5O/c1-67(2)56-24-14-12-22-48(56)50-36-53-51-34-44(28-32-60(51)70(62(53)38-57(50)67)46-20-10-5-11-21-46)45-29-33-61-52(35-45)54-37-55-49-23-13-15-25-64(49)72-65(55)40-63(54)71(61)47-30-26-42(27-31-47)59-39-58(41-16-6-3-7-17-41)68-66(69-59)43-18-8-4-9-19-43;1-66(2)55-24-14-12-22-47(55)49-36-52-50-34-43(28-32-57(50)70(59(52)38-56(49)66)45-20-10-5-11-21-45)44-29-33-58-51(35-44)53-37-54-48-23-13-15-25-61(48)72-62(54)39-60(53)71(58)46-30-26-42(27-31-46)65-68-63(40-16-6-3-7-17-40)67-64(69-65)41-18-8-4-9-19-41/h3-40H,1-2H3;3-39H,1-2H3. The van der Waals surface area contributed by atoms with Gasteiger partial charge in [-0.1, -0.05) is 307 Å². The molecule has 0 aliphatic heterocycles. The smallest absolute Gasteiger partial charge is 0.164 e. The summed E-state index contributed by atoms with van der Waals surface area (Å²) in [5.41, 5.74) is 39.9. The highest BCUT2D eigenvalue weighted by Crippen LogP contribution is 2.55. The summed E-state index contributed by atoms with van der Waals surface area (Å²) in [6.07, 6.45) is 0. The fourth-order valence-electron chi connectivity index (χ4n) is 23.4. The molecule has 8 aromatic heterocycles. The van der Waals surface area contributed by atoms with E-state index in [2.05, 4.69) is 404 Å². The first-order valence-electron chi connectivity index (χ1n) is 49.3. The minimum Gasteiger partial charge on any atom is -0.456 e. The molecule has 0 amide bonds. The van der Waals surface area contributed by atoms with Gasteiger partial charge in [0.15, 0.2) is 23.3 Å². The third kappa shape index (κ3) is 13.0. The van der Waals surface area contributed by atoms with Gasteiger partial charge >= 0.3 is 0 Å². The summed E-state index contributed by atoms with van der Waals surface area (Å²) < 4.78 is 22.7. The number of para-hydroxylation sites is 4. The zero-order valence-corrected chi connectivity index (χ0v) is 79.1. The lowest BCUT2D eigenvalue weighted by atomic mass is 9.82. The van der Waals surface area contributed by atoms with Gasteiger partial charge in [0.05, 0.1) is 55.5 Å². The van der Waals surface area contributed by atoms with Crippen molar-refractivity contribution < 1.29 is 8.83 Å². The van der Waals surface area contributed by atoms with Gasteiger partial charge in [0, 0.05) is 144 Å². The molecule has 0 spiro atoms. The number of fused-ring (bicyclic) bond motifs is 24. The van der Waals surface area contributed by atoms with Crippen LogP contribution in [0, 0.1) is 0 Å². The van der Waals surface area contributed by atoms with Crippen molar-refractivity contribution >= 4 is 131 Å². The second-order valence-electron chi connectivity index (χ2n) is 39.4. The van der Waals surface area contributed by atoms with Crippen molar-refractivity contribution in [2.24, 2.45) is 0 Å². The molecule has 2 aliphatic rings. The minimum atomic E-state index is -0.110. The maximum Gasteiger partial charge on any atom is 0.164 e. The van der Waals surface area contributed by atoms with Crippen LogP contribution in [-0.4, -0.2) is 43.2 Å². The number of furan rings is 2. The fourth-order valence-corrected chi connectivity index (χ4v) is 23.4. The highest BCUT2D eigenvalue weighted by Gasteiger charge is 2.39. The number of aromatic nitrogens is 9. The Morgan fingerprint density at radius 2 is 0.438 bits per heavy atom. The van der Waals surface area contributed by atoms with Crippen LogP contribution < -0.4 is 0 Å². The van der Waals surface area contributed by atoms with Crippen LogP contribution in [0.5, 0.6) is 0 Å². The largest absolute Gasteiger partial charge is 0.456 e. The van der Waals surface area contributed by atoms with E-state index in [4.69, 9.17) is 33.8 Å². The van der Waals surface area contributed by atoms with Crippen LogP contribution in [0.2, 0.25) is 0 Å². The first kappa shape index (κ1) is 82.4. The summed E-state index contributed by atoms with van der Waals surface area (Å²) >= 11 is 0. The van der Waals surface area contributed by atoms with Crippen molar-refractivity contribution in [2.75, 3.05) is 0 Å². The molecule has 0 bridgehead atoms. The van der Waals surface area contributed by atoms with E-state index in [-0.39, 0.29) is 10.8 Å². The maximum absolute atomic E-state index is 6.55. The fraction of sp³-hybridized carbons (Fsp3) is 0.0451. The second-order valence-corrected chi connectivity index (χ2v) is 39.4. The zero-order valence-electron chi connectivity index (χ0n) is 79.1. The molecule has 0 N–H and O–H groups in total. The van der Waals surface area contributed by atoms with Crippen molar-refractivity contribution in [3.63, 3.8) is 0 Å². The molecule has 0 fully saturated rings. The van der Waals surface area contributed by atoms with E-state index >= 15 is 0 Å². The van der Waals surface area contributed by atoms with E-state index in [1.807, 2.05) is 97.1 Å². The Morgan fingerprint density at radius 3 is 0.812 bits per heavy atom. The van der Waals surface area contributed by atoms with Crippen molar-refractivity contribution in [1.29, 1.82) is 0 Å². The van der Waals surface area contributed by atoms with E-state index in [0.717, 1.165) is 150 Å². The van der Waals surface area contributed by atoms with E-state index in [9.17, 15) is 0 Å². The highest BCUT2D eigenvalue weighted by molar-refractivity contribution is 6.21. The predicted octanol–water partition coefficient (Wildman–Crippen LogP) is 34.5. The van der Waals surface area contributed by atoms with Crippen LogP contribution in [0.3, 0.4) is 0 Å². The summed E-state index contributed by atoms with van der Waals surface area (Å²) in [6.45, 7) is 9.45. The van der Waals surface area contributed by atoms with E-state index < -0.39 is 0 Å². The van der Waals surface area contributed by atoms with Gasteiger partial charge < -0.3 is 27.1 Å². The van der Waals surface area contributed by atoms with Gasteiger partial charge in [-0.3, -0.25) is 0 Å². The normalized spacial score (nSPS) is 13.0. The number of hydrogen-bond acceptors (Lipinski definition) is 7. The Morgan fingerprint density at radius 1 is 0.167 bits per heavy atom. The Kier molecular flexibility index (Phi) is 18.3. The van der Waals surface area contributed by atoms with E-state index in [0.29, 0.717) is 23.3 Å². The molecule has 0 atom stereocenters. The Bertz CT molecular complexity index is 9480. The number of hydrogen-bond donors (Lipinski definition) is 0. The van der Waals surface area contributed by atoms with E-state index in [1.54, 1.807) is 0 Å². The molecule has 28 aromatic rings. The molecular formula is C133H87N9O2. The lowest BCUT2D eigenvalue weighted by Gasteiger charge is -2.21. The Balaban J connectivity index is 0.000000137. The minimum absolute atomic E-state index is 0.107. The van der Waals surface area contributed by atoms with Gasteiger partial charge in [0.1, 0.15) is 22.3 Å². The Labute approximate surface area is 828 Å². The molecule has 20 aromatic carbocycles. The molecule has 0 saturated carbocycles. The van der Waals surface area contributed by atoms with Crippen LogP contribution >= 0.6 is 0 Å². The first-order chi connectivity index (χ1) is 70.8. The zero-order chi connectivity index (χ0) is 95.3. The average Bonchev–Trinajstić information content (AvgIpc) is 1.54. The summed E-state index contributed by atoms with van der Waals surface area (Å²) in [5.74, 6) is 2.59. The third-order valence-corrected chi connectivity index (χ3v) is 30.5. The van der Waals surface area contributed by atoms with Gasteiger partial charge in [-0.25, -0.2) is 24.9 Å². The molecule has 144 heavy (non-hydrogen) atoms. The van der Waals surface area contributed by atoms with Gasteiger partial charge in [0.25, 0.3) is 0 Å². The topological polar surface area (TPSA) is 110 Å². The first-order valence-corrected chi connectivity index (χ1v) is 49.3. The molecule has 30 rings (SSSR count). The monoisotopic (exact) mass is 1840 g/mol. The van der Waals surface area contributed by atoms with Crippen LogP contribution in [0.4, 0.5) is 0 Å². The van der Waals surface area contributed by atoms with Gasteiger partial charge in [-0.2, -0.15) is 0 Å². The van der Waals surface area contributed by atoms with Gasteiger partial charge in [-0.15, -0.1) is 0 Å². The lowest BCUT2D eigenvalue weighted by molar-refractivity contribution is 0.661. The molecule has 8 heterocycles. The van der Waals surface area contributed by atoms with Crippen LogP contribution in [0.25, 0.3) is 266 Å². The summed E-state index contributed by atoms with van der Waals surface area (Å²) in [7, 11) is 0. The molecule has 676 valence electrons. The highest BCUT2D eigenvalue weighted by atomic mass is 16.3. The van der Waals surface area contributed by atoms with Crippen LogP contribution in [-0.2, 0) is 10.8 Å². The summed E-state index contributed by atoms with van der Waals surface area (Å²) in [6, 6.07) is 163. The summed E-state index contributed by atoms with van der Waals surface area (Å²) in [4.78, 5) is 25.1. The van der Waals surface area contributed by atoms with Crippen molar-refractivity contribution in [2.45, 2.75) is 38.5 Å². The molecule has 11 nitrogen and oxygen atoms in total. The predicted molar refractivity (Wildman–Crippen MR) is 592 cm³/mol. The molecule has 11 heteroatoms. The SMILES string of the molecule is CC1(C)c2ccccc2-c2cc3c4cc(-c5ccc6c(c5)c5cc7c(cc5n6-c5ccc(-c6cc(-c8ccccc8)nc(-c8ccccc8)n6)cc5)oc5ccccc57)ccc4n(-c4ccccc4)c3cc21.CC1(C)c2ccccc2-c2cc3c4cc(-c5ccc6c(c5)c5cc7c(cc5n6-c5ccc(-c6nc(-c8ccccc8)nc(-c8ccccc8)n6)cc5)oc5ccccc57)ccc4n(-c4ccccc4)c3cc21. The number of rotatable bonds is 12. The molecule has 0 radical (unpaired) electrons. The average molecular weight is 1840 g/mol. The quantitative estimate of drug-likeness (QED) is 0.120. The second kappa shape index (κ2) is 31.9. The van der Waals surface area contributed by atoms with Crippen LogP contribution in [0.1, 0.15) is 49.9 Å². The van der Waals surface area contributed by atoms with Crippen molar-refractivity contribution in [1.82, 2.24) is 43.2 Å². The van der Waals surface area contributed by atoms with Gasteiger partial charge in [-0.05, 0) is 231 Å². The number of benzene rings is 20. The maximum atomic E-state index is 6.55. The van der Waals surface area contributed by atoms with Crippen molar-refractivity contribution in [3.05, 3.63) is 477 Å². The third-order valence-electron chi connectivity index (χ3n) is 30.5. The van der Waals surface area contributed by atoms with E-state index in [1.165, 1.54) is 115 Å². The Hall–Kier alpha value is -18.7. The summed E-state index contributed by atoms with van der Waals surface area (Å²) in [5, 5.41) is 14.1. The number of nitrogens with zero attached hydrogens (tertiary/aromatic N) is 9. The lowest BCUT2D eigenvalue weighted by Crippen LogP contribution is -2.14. The van der Waals surface area contributed by atoms with Crippen molar-refractivity contribution in [3.8, 4) is 135 Å².